The lowest BCUT2D eigenvalue weighted by atomic mass is 10.1. The van der Waals surface area contributed by atoms with Crippen molar-refractivity contribution < 1.29 is 33.1 Å². The summed E-state index contributed by atoms with van der Waals surface area (Å²) in [7, 11) is 1.09. The molecule has 1 atom stereocenters. The van der Waals surface area contributed by atoms with Crippen LogP contribution >= 0.6 is 0 Å². The van der Waals surface area contributed by atoms with Gasteiger partial charge in [0.05, 0.1) is 47.8 Å². The van der Waals surface area contributed by atoms with Crippen LogP contribution in [0.5, 0.6) is 0 Å². The lowest BCUT2D eigenvalue weighted by Gasteiger charge is -2.31. The Bertz CT molecular complexity index is 1940. The predicted molar refractivity (Wildman–Crippen MR) is 161 cm³/mol. The Kier molecular flexibility index (Phi) is 8.40. The zero-order valence-electron chi connectivity index (χ0n) is 24.5. The number of nitrogens with zero attached hydrogens (tertiary/aromatic N) is 6. The molecule has 17 heteroatoms. The molecule has 4 aromatic rings. The number of rotatable bonds is 8. The first-order chi connectivity index (χ1) is 21.9. The van der Waals surface area contributed by atoms with Gasteiger partial charge in [-0.25, -0.2) is 29.1 Å². The molecule has 5 rings (SSSR count). The number of aromatic nitrogens is 4. The van der Waals surface area contributed by atoms with Crippen LogP contribution < -0.4 is 27.5 Å². The van der Waals surface area contributed by atoms with Crippen molar-refractivity contribution >= 4 is 63.9 Å². The molecule has 16 nitrogen and oxygen atoms in total. The Labute approximate surface area is 259 Å². The average Bonchev–Trinajstić information content (AvgIpc) is 3.26. The van der Waals surface area contributed by atoms with Crippen molar-refractivity contribution in [2.75, 3.05) is 29.2 Å². The van der Waals surface area contributed by atoms with Crippen molar-refractivity contribution in [2.24, 2.45) is 0 Å². The standard InChI is InChI=1S/C29H27FN10O6/c1-3-4-20(28(45)46-2)40(38-21(41)11-15-12-34-24-22(35-15)23(32)36-29(33)37-24)27(44)18-9-13(30)5-8-19(18)39-25(42)16-7-6-14(31)10-17(16)26(39)43/h5-10,12,20H,3-4,11,31H2,1-2H3,(H,38,41)(H4,32,33,34,36,37)/t20-/m0/s1. The number of esters is 1. The normalized spacial score (nSPS) is 13.0. The number of nitrogens with two attached hydrogens (primary N) is 3. The number of benzene rings is 2. The molecule has 3 heterocycles. The summed E-state index contributed by atoms with van der Waals surface area (Å²) in [5.41, 5.74) is 19.4. The molecule has 236 valence electrons. The van der Waals surface area contributed by atoms with Crippen LogP contribution in [0.4, 0.5) is 27.5 Å². The summed E-state index contributed by atoms with van der Waals surface area (Å²) in [6.45, 7) is 1.72. The van der Waals surface area contributed by atoms with Crippen LogP contribution in [0.2, 0.25) is 0 Å². The molecule has 2 aromatic heterocycles. The van der Waals surface area contributed by atoms with Crippen molar-refractivity contribution in [1.82, 2.24) is 30.4 Å². The number of hydrogen-bond acceptors (Lipinski definition) is 13. The number of fused-ring (bicyclic) bond motifs is 2. The molecule has 0 saturated heterocycles. The topological polar surface area (TPSA) is 243 Å². The molecule has 1 aliphatic heterocycles. The van der Waals surface area contributed by atoms with Crippen molar-refractivity contribution in [3.8, 4) is 0 Å². The van der Waals surface area contributed by atoms with Gasteiger partial charge in [-0.2, -0.15) is 9.97 Å². The summed E-state index contributed by atoms with van der Waals surface area (Å²) in [6, 6.07) is 5.54. The van der Waals surface area contributed by atoms with Gasteiger partial charge in [-0.1, -0.05) is 13.3 Å². The van der Waals surface area contributed by atoms with E-state index in [0.717, 1.165) is 25.3 Å². The van der Waals surface area contributed by atoms with Gasteiger partial charge < -0.3 is 21.9 Å². The van der Waals surface area contributed by atoms with Gasteiger partial charge in [0.2, 0.25) is 11.9 Å². The largest absolute Gasteiger partial charge is 0.467 e. The van der Waals surface area contributed by atoms with Gasteiger partial charge >= 0.3 is 5.97 Å². The molecule has 0 bridgehead atoms. The zero-order chi connectivity index (χ0) is 33.3. The Morgan fingerprint density at radius 2 is 1.76 bits per heavy atom. The van der Waals surface area contributed by atoms with E-state index in [1.807, 2.05) is 0 Å². The predicted octanol–water partition coefficient (Wildman–Crippen LogP) is 1.16. The monoisotopic (exact) mass is 630 g/mol. The highest BCUT2D eigenvalue weighted by atomic mass is 19.1. The summed E-state index contributed by atoms with van der Waals surface area (Å²) in [4.78, 5) is 83.9. The van der Waals surface area contributed by atoms with Crippen LogP contribution in [0.1, 0.15) is 56.5 Å². The number of hydrazine groups is 1. The van der Waals surface area contributed by atoms with Gasteiger partial charge in [0.1, 0.15) is 5.82 Å². The summed E-state index contributed by atoms with van der Waals surface area (Å²) >= 11 is 0. The Balaban J connectivity index is 1.52. The van der Waals surface area contributed by atoms with Gasteiger partial charge in [0.25, 0.3) is 17.7 Å². The third-order valence-electron chi connectivity index (χ3n) is 6.99. The number of methoxy groups -OCH3 is 1. The summed E-state index contributed by atoms with van der Waals surface area (Å²) in [6.07, 6.45) is 1.14. The Morgan fingerprint density at radius 3 is 2.48 bits per heavy atom. The van der Waals surface area contributed by atoms with Crippen LogP contribution in [0.15, 0.2) is 42.6 Å². The number of anilines is 4. The molecule has 0 saturated carbocycles. The molecule has 0 spiro atoms. The second-order valence-corrected chi connectivity index (χ2v) is 10.1. The Morgan fingerprint density at radius 1 is 1.02 bits per heavy atom. The van der Waals surface area contributed by atoms with Crippen LogP contribution in [0.25, 0.3) is 11.2 Å². The van der Waals surface area contributed by atoms with Gasteiger partial charge in [0, 0.05) is 5.69 Å². The second-order valence-electron chi connectivity index (χ2n) is 10.1. The molecule has 7 N–H and O–H groups in total. The first-order valence-corrected chi connectivity index (χ1v) is 13.8. The van der Waals surface area contributed by atoms with Crippen molar-refractivity contribution in [2.45, 2.75) is 32.2 Å². The maximum atomic E-state index is 14.7. The third-order valence-corrected chi connectivity index (χ3v) is 6.99. The molecule has 0 radical (unpaired) electrons. The van der Waals surface area contributed by atoms with E-state index in [2.05, 4.69) is 25.4 Å². The van der Waals surface area contributed by atoms with Crippen molar-refractivity contribution in [1.29, 1.82) is 0 Å². The van der Waals surface area contributed by atoms with Gasteiger partial charge in [-0.3, -0.25) is 24.6 Å². The van der Waals surface area contributed by atoms with Gasteiger partial charge in [-0.15, -0.1) is 0 Å². The van der Waals surface area contributed by atoms with E-state index in [4.69, 9.17) is 21.9 Å². The smallest absolute Gasteiger partial charge is 0.330 e. The van der Waals surface area contributed by atoms with Gasteiger partial charge in [-0.05, 0) is 42.8 Å². The SMILES string of the molecule is CCC[C@@H](C(=O)OC)N(NC(=O)Cc1cnc2nc(N)nc(N)c2n1)C(=O)c1cc(F)ccc1N1C(=O)c2ccc(N)cc2C1=O. The molecule has 0 aliphatic carbocycles. The number of nitrogen functional groups attached to an aromatic ring is 3. The highest BCUT2D eigenvalue weighted by Gasteiger charge is 2.41. The molecule has 1 aliphatic rings. The van der Waals surface area contributed by atoms with E-state index in [1.54, 1.807) is 6.92 Å². The number of amides is 4. The number of carbonyl (C=O) groups is 5. The molecule has 0 unspecified atom stereocenters. The fourth-order valence-electron chi connectivity index (χ4n) is 4.92. The summed E-state index contributed by atoms with van der Waals surface area (Å²) in [5.74, 6) is -5.51. The second kappa shape index (κ2) is 12.4. The first kappa shape index (κ1) is 31.2. The molecular weight excluding hydrogens is 603 g/mol. The van der Waals surface area contributed by atoms with Crippen molar-refractivity contribution in [3.05, 3.63) is 70.8 Å². The summed E-state index contributed by atoms with van der Waals surface area (Å²) < 4.78 is 19.6. The Hall–Kier alpha value is -6.26. The highest BCUT2D eigenvalue weighted by molar-refractivity contribution is 6.35. The van der Waals surface area contributed by atoms with Crippen LogP contribution in [-0.4, -0.2) is 67.7 Å². The number of nitrogens with one attached hydrogen (secondary N) is 1. The first-order valence-electron chi connectivity index (χ1n) is 13.8. The molecule has 0 fully saturated rings. The lowest BCUT2D eigenvalue weighted by Crippen LogP contribution is -2.55. The fraction of sp³-hybridized carbons (Fsp3) is 0.207. The minimum absolute atomic E-state index is 0.0125. The quantitative estimate of drug-likeness (QED) is 0.0925. The highest BCUT2D eigenvalue weighted by Crippen LogP contribution is 2.33. The van der Waals surface area contributed by atoms with Crippen LogP contribution in [0.3, 0.4) is 0 Å². The average molecular weight is 631 g/mol. The zero-order valence-corrected chi connectivity index (χ0v) is 24.5. The number of ether oxygens (including phenoxy) is 1. The number of hydrogen-bond donors (Lipinski definition) is 4. The van der Waals surface area contributed by atoms with Crippen LogP contribution in [-0.2, 0) is 20.7 Å². The number of carbonyl (C=O) groups excluding carboxylic acids is 5. The lowest BCUT2D eigenvalue weighted by molar-refractivity contribution is -0.148. The maximum Gasteiger partial charge on any atom is 0.330 e. The van der Waals surface area contributed by atoms with Crippen LogP contribution in [0, 0.1) is 5.82 Å². The molecule has 2 aromatic carbocycles. The number of imide groups is 1. The number of halogens is 1. The van der Waals surface area contributed by atoms with Crippen molar-refractivity contribution in [3.63, 3.8) is 0 Å². The van der Waals surface area contributed by atoms with E-state index >= 15 is 0 Å². The minimum atomic E-state index is -1.39. The van der Waals surface area contributed by atoms with E-state index in [1.165, 1.54) is 24.4 Å². The fourth-order valence-corrected chi connectivity index (χ4v) is 4.92. The molecule has 4 amide bonds. The minimum Gasteiger partial charge on any atom is -0.467 e. The summed E-state index contributed by atoms with van der Waals surface area (Å²) in [5, 5.41) is 0.679. The van der Waals surface area contributed by atoms with E-state index in [-0.39, 0.29) is 57.5 Å². The molecule has 46 heavy (non-hydrogen) atoms. The maximum absolute atomic E-state index is 14.7. The van der Waals surface area contributed by atoms with E-state index in [9.17, 15) is 28.4 Å². The van der Waals surface area contributed by atoms with E-state index < -0.39 is 53.4 Å². The third kappa shape index (κ3) is 5.80. The van der Waals surface area contributed by atoms with Gasteiger partial charge in [0.15, 0.2) is 23.0 Å². The van der Waals surface area contributed by atoms with E-state index in [0.29, 0.717) is 16.3 Å². The molecular formula is C29H27FN10O6.